The highest BCUT2D eigenvalue weighted by Gasteiger charge is 2.33. The highest BCUT2D eigenvalue weighted by molar-refractivity contribution is 7.92. The molecule has 0 radical (unpaired) electrons. The van der Waals surface area contributed by atoms with Gasteiger partial charge in [-0.05, 0) is 30.5 Å². The van der Waals surface area contributed by atoms with Crippen LogP contribution >= 0.6 is 0 Å². The van der Waals surface area contributed by atoms with Crippen molar-refractivity contribution in [3.63, 3.8) is 0 Å². The molecular weight excluding hydrogens is 272 g/mol. The van der Waals surface area contributed by atoms with Crippen LogP contribution in [-0.2, 0) is 10.0 Å². The maximum absolute atomic E-state index is 12.7. The number of nitrogens with zero attached hydrogens (tertiary/aromatic N) is 1. The largest absolute Gasteiger partial charge is 0.313 e. The Balaban J connectivity index is 2.40. The number of hydrogen-bond donors (Lipinski definition) is 1. The summed E-state index contributed by atoms with van der Waals surface area (Å²) in [5.41, 5.74) is 1.65. The first-order chi connectivity index (χ1) is 9.24. The van der Waals surface area contributed by atoms with Crippen LogP contribution in [0, 0.1) is 5.41 Å². The number of sulfonamides is 1. The van der Waals surface area contributed by atoms with Crippen molar-refractivity contribution in [1.29, 1.82) is 0 Å². The fourth-order valence-electron chi connectivity index (χ4n) is 2.75. The fraction of sp³-hybridized carbons (Fsp3) is 0.600. The fourth-order valence-corrected chi connectivity index (χ4v) is 4.85. The van der Waals surface area contributed by atoms with E-state index in [1.165, 1.54) is 0 Å². The van der Waals surface area contributed by atoms with Gasteiger partial charge in [-0.3, -0.25) is 4.31 Å². The Morgan fingerprint density at radius 1 is 1.30 bits per heavy atom. The van der Waals surface area contributed by atoms with Gasteiger partial charge in [-0.1, -0.05) is 39.0 Å². The van der Waals surface area contributed by atoms with Crippen molar-refractivity contribution < 1.29 is 8.42 Å². The Morgan fingerprint density at radius 3 is 2.55 bits per heavy atom. The van der Waals surface area contributed by atoms with Crippen LogP contribution in [0.5, 0.6) is 0 Å². The number of para-hydroxylation sites is 1. The lowest BCUT2D eigenvalue weighted by Gasteiger charge is -2.36. The molecule has 0 aliphatic carbocycles. The van der Waals surface area contributed by atoms with Crippen molar-refractivity contribution in [3.8, 4) is 0 Å². The van der Waals surface area contributed by atoms with E-state index in [9.17, 15) is 8.42 Å². The van der Waals surface area contributed by atoms with Crippen LogP contribution in [0.4, 0.5) is 5.69 Å². The predicted molar refractivity (Wildman–Crippen MR) is 83.4 cm³/mol. The van der Waals surface area contributed by atoms with Crippen LogP contribution < -0.4 is 9.62 Å². The van der Waals surface area contributed by atoms with E-state index in [2.05, 4.69) is 5.32 Å². The van der Waals surface area contributed by atoms with Gasteiger partial charge in [-0.2, -0.15) is 0 Å². The van der Waals surface area contributed by atoms with Crippen molar-refractivity contribution in [2.75, 3.05) is 23.7 Å². The lowest BCUT2D eigenvalue weighted by molar-refractivity contribution is 0.458. The molecule has 1 N–H and O–H groups in total. The van der Waals surface area contributed by atoms with Crippen molar-refractivity contribution in [1.82, 2.24) is 5.32 Å². The van der Waals surface area contributed by atoms with E-state index in [0.717, 1.165) is 17.7 Å². The van der Waals surface area contributed by atoms with Gasteiger partial charge in [0, 0.05) is 12.6 Å². The molecule has 0 bridgehead atoms. The number of rotatable bonds is 3. The topological polar surface area (TPSA) is 49.4 Å². The first kappa shape index (κ1) is 15.3. The molecule has 1 unspecified atom stereocenters. The molecule has 1 aliphatic heterocycles. The summed E-state index contributed by atoms with van der Waals surface area (Å²) in [6.07, 6.45) is 0.802. The minimum atomic E-state index is -3.28. The summed E-state index contributed by atoms with van der Waals surface area (Å²) in [5.74, 6) is 0.165. The first-order valence-corrected chi connectivity index (χ1v) is 8.62. The average molecular weight is 296 g/mol. The second-order valence-electron chi connectivity index (χ2n) is 6.58. The lowest BCUT2D eigenvalue weighted by atomic mass is 9.98. The number of anilines is 1. The van der Waals surface area contributed by atoms with Crippen molar-refractivity contribution in [2.24, 2.45) is 5.41 Å². The van der Waals surface area contributed by atoms with Gasteiger partial charge in [0.05, 0.1) is 11.4 Å². The summed E-state index contributed by atoms with van der Waals surface area (Å²) >= 11 is 0. The minimum Gasteiger partial charge on any atom is -0.313 e. The molecule has 1 aliphatic rings. The quantitative estimate of drug-likeness (QED) is 0.932. The summed E-state index contributed by atoms with van der Waals surface area (Å²) in [5, 5.41) is 3.26. The van der Waals surface area contributed by atoms with Gasteiger partial charge in [0.1, 0.15) is 0 Å². The van der Waals surface area contributed by atoms with Crippen LogP contribution in [-0.4, -0.2) is 27.8 Å². The Morgan fingerprint density at radius 2 is 1.95 bits per heavy atom. The number of hydrogen-bond acceptors (Lipinski definition) is 3. The van der Waals surface area contributed by atoms with E-state index in [1.54, 1.807) is 4.31 Å². The van der Waals surface area contributed by atoms with Gasteiger partial charge in [-0.15, -0.1) is 0 Å². The molecule has 4 nitrogen and oxygen atoms in total. The van der Waals surface area contributed by atoms with Gasteiger partial charge in [0.15, 0.2) is 0 Å². The maximum Gasteiger partial charge on any atom is 0.235 e. The maximum atomic E-state index is 12.7. The van der Waals surface area contributed by atoms with E-state index in [0.29, 0.717) is 6.54 Å². The molecule has 20 heavy (non-hydrogen) atoms. The third-order valence-electron chi connectivity index (χ3n) is 3.50. The Bertz CT molecular complexity index is 576. The summed E-state index contributed by atoms with van der Waals surface area (Å²) in [7, 11) is -1.36. The van der Waals surface area contributed by atoms with Crippen molar-refractivity contribution >= 4 is 15.7 Å². The normalized spacial score (nSPS) is 19.8. The van der Waals surface area contributed by atoms with E-state index < -0.39 is 10.0 Å². The molecule has 0 saturated heterocycles. The smallest absolute Gasteiger partial charge is 0.235 e. The molecule has 112 valence electrons. The third-order valence-corrected chi connectivity index (χ3v) is 5.78. The molecule has 0 aromatic heterocycles. The van der Waals surface area contributed by atoms with E-state index in [4.69, 9.17) is 0 Å². The minimum absolute atomic E-state index is 0.165. The Hall–Kier alpha value is -1.07. The molecule has 2 rings (SSSR count). The third kappa shape index (κ3) is 3.15. The standard InChI is InChI=1S/C15H24N2O2S/c1-15(2,3)11-20(18,19)17-10-9-13(16-4)12-7-5-6-8-14(12)17/h5-8,13,16H,9-11H2,1-4H3. The average Bonchev–Trinajstić information content (AvgIpc) is 2.34. The zero-order valence-corrected chi connectivity index (χ0v) is 13.5. The molecule has 1 atom stereocenters. The van der Waals surface area contributed by atoms with E-state index in [1.807, 2.05) is 52.1 Å². The molecule has 0 fully saturated rings. The molecule has 5 heteroatoms. The first-order valence-electron chi connectivity index (χ1n) is 7.01. The molecule has 0 amide bonds. The van der Waals surface area contributed by atoms with Gasteiger partial charge < -0.3 is 5.32 Å². The zero-order valence-electron chi connectivity index (χ0n) is 12.7. The van der Waals surface area contributed by atoms with Crippen LogP contribution in [0.3, 0.4) is 0 Å². The molecule has 0 spiro atoms. The molecule has 1 aromatic rings. The van der Waals surface area contributed by atoms with Crippen molar-refractivity contribution in [2.45, 2.75) is 33.2 Å². The number of fused-ring (bicyclic) bond motifs is 1. The number of nitrogens with one attached hydrogen (secondary N) is 1. The van der Waals surface area contributed by atoms with Crippen LogP contribution in [0.25, 0.3) is 0 Å². The van der Waals surface area contributed by atoms with Crippen LogP contribution in [0.1, 0.15) is 38.8 Å². The predicted octanol–water partition coefficient (Wildman–Crippen LogP) is 2.53. The monoisotopic (exact) mass is 296 g/mol. The SMILES string of the molecule is CNC1CCN(S(=O)(=O)CC(C)(C)C)c2ccccc21. The van der Waals surface area contributed by atoms with Crippen molar-refractivity contribution in [3.05, 3.63) is 29.8 Å². The molecular formula is C15H24N2O2S. The Labute approximate surface area is 122 Å². The lowest BCUT2D eigenvalue weighted by Crippen LogP contribution is -2.42. The molecule has 1 aromatic carbocycles. The van der Waals surface area contributed by atoms with Gasteiger partial charge in [-0.25, -0.2) is 8.42 Å². The highest BCUT2D eigenvalue weighted by atomic mass is 32.2. The molecule has 0 saturated carbocycles. The van der Waals surface area contributed by atoms with Gasteiger partial charge >= 0.3 is 0 Å². The summed E-state index contributed by atoms with van der Waals surface area (Å²) in [4.78, 5) is 0. The highest BCUT2D eigenvalue weighted by Crippen LogP contribution is 2.36. The Kier molecular flexibility index (Phi) is 4.12. The van der Waals surface area contributed by atoms with Gasteiger partial charge in [0.25, 0.3) is 0 Å². The zero-order chi connectivity index (χ0) is 15.0. The molecule has 1 heterocycles. The van der Waals surface area contributed by atoms with Crippen LogP contribution in [0.15, 0.2) is 24.3 Å². The summed E-state index contributed by atoms with van der Waals surface area (Å²) in [6, 6.07) is 8.00. The number of benzene rings is 1. The van der Waals surface area contributed by atoms with Crippen LogP contribution in [0.2, 0.25) is 0 Å². The second-order valence-corrected chi connectivity index (χ2v) is 8.47. The van der Waals surface area contributed by atoms with E-state index in [-0.39, 0.29) is 17.2 Å². The summed E-state index contributed by atoms with van der Waals surface area (Å²) in [6.45, 7) is 6.41. The summed E-state index contributed by atoms with van der Waals surface area (Å²) < 4.78 is 26.9. The van der Waals surface area contributed by atoms with Gasteiger partial charge in [0.2, 0.25) is 10.0 Å². The van der Waals surface area contributed by atoms with E-state index >= 15 is 0 Å². The second kappa shape index (κ2) is 5.37.